The Kier molecular flexibility index (Phi) is 4.56. The molecular weight excluding hydrogens is 362 g/mol. The number of hydrogen-bond donors (Lipinski definition) is 1. The van der Waals surface area contributed by atoms with E-state index in [2.05, 4.69) is 0 Å². The molecule has 3 aliphatic rings. The average Bonchev–Trinajstić information content (AvgIpc) is 3.02. The Labute approximate surface area is 162 Å². The number of fused-ring (bicyclic) bond motifs is 1. The summed E-state index contributed by atoms with van der Waals surface area (Å²) < 4.78 is 0. The van der Waals surface area contributed by atoms with Gasteiger partial charge in [0.25, 0.3) is 11.8 Å². The SMILES string of the molecule is CN1C(=O)CCC(N2Cc3cc(C4CCN(C(=O)O)CC4)ccc3C2=O)C1=O. The third-order valence-corrected chi connectivity index (χ3v) is 6.20. The largest absolute Gasteiger partial charge is 0.465 e. The van der Waals surface area contributed by atoms with Crippen LogP contribution >= 0.6 is 0 Å². The van der Waals surface area contributed by atoms with E-state index in [-0.39, 0.29) is 30.1 Å². The highest BCUT2D eigenvalue weighted by molar-refractivity contribution is 6.05. The molecule has 2 saturated heterocycles. The predicted molar refractivity (Wildman–Crippen MR) is 98.7 cm³/mol. The van der Waals surface area contributed by atoms with Gasteiger partial charge in [0, 0.05) is 38.7 Å². The monoisotopic (exact) mass is 385 g/mol. The molecule has 1 N–H and O–H groups in total. The van der Waals surface area contributed by atoms with Crippen molar-refractivity contribution in [2.75, 3.05) is 20.1 Å². The molecule has 1 unspecified atom stereocenters. The van der Waals surface area contributed by atoms with Gasteiger partial charge in [-0.2, -0.15) is 0 Å². The summed E-state index contributed by atoms with van der Waals surface area (Å²) in [7, 11) is 1.46. The maximum atomic E-state index is 12.8. The molecule has 4 rings (SSSR count). The smallest absolute Gasteiger partial charge is 0.407 e. The molecule has 1 atom stereocenters. The zero-order valence-corrected chi connectivity index (χ0v) is 15.8. The molecule has 3 heterocycles. The van der Waals surface area contributed by atoms with E-state index in [0.717, 1.165) is 28.9 Å². The fourth-order valence-corrected chi connectivity index (χ4v) is 4.46. The molecule has 1 aromatic carbocycles. The van der Waals surface area contributed by atoms with E-state index in [4.69, 9.17) is 5.11 Å². The number of benzene rings is 1. The summed E-state index contributed by atoms with van der Waals surface area (Å²) in [6.07, 6.45) is 1.27. The standard InChI is InChI=1S/C20H23N3O5/c1-21-17(24)5-4-16(19(21)26)23-11-14-10-13(2-3-15(14)18(23)25)12-6-8-22(9-7-12)20(27)28/h2-3,10,12,16H,4-9,11H2,1H3,(H,27,28). The lowest BCUT2D eigenvalue weighted by Crippen LogP contribution is -2.53. The topological polar surface area (TPSA) is 98.2 Å². The van der Waals surface area contributed by atoms with Crippen LogP contribution < -0.4 is 0 Å². The number of piperidine rings is 2. The van der Waals surface area contributed by atoms with Gasteiger partial charge >= 0.3 is 6.09 Å². The molecule has 8 heteroatoms. The summed E-state index contributed by atoms with van der Waals surface area (Å²) >= 11 is 0. The van der Waals surface area contributed by atoms with Crippen molar-refractivity contribution in [3.05, 3.63) is 34.9 Å². The molecule has 4 amide bonds. The molecular formula is C20H23N3O5. The molecule has 0 bridgehead atoms. The highest BCUT2D eigenvalue weighted by atomic mass is 16.4. The minimum atomic E-state index is -0.880. The third kappa shape index (κ3) is 3.02. The molecule has 1 aromatic rings. The number of rotatable bonds is 2. The molecule has 0 spiro atoms. The van der Waals surface area contributed by atoms with E-state index >= 15 is 0 Å². The van der Waals surface area contributed by atoms with Gasteiger partial charge in [-0.3, -0.25) is 19.3 Å². The van der Waals surface area contributed by atoms with Gasteiger partial charge in [-0.25, -0.2) is 4.79 Å². The van der Waals surface area contributed by atoms with E-state index in [1.54, 1.807) is 4.90 Å². The summed E-state index contributed by atoms with van der Waals surface area (Å²) in [4.78, 5) is 52.2. The molecule has 148 valence electrons. The van der Waals surface area contributed by atoms with Gasteiger partial charge in [0.05, 0.1) is 0 Å². The van der Waals surface area contributed by atoms with Gasteiger partial charge in [0.2, 0.25) is 5.91 Å². The zero-order valence-electron chi connectivity index (χ0n) is 15.8. The molecule has 28 heavy (non-hydrogen) atoms. The summed E-state index contributed by atoms with van der Waals surface area (Å²) in [6.45, 7) is 1.40. The van der Waals surface area contributed by atoms with Gasteiger partial charge in [0.1, 0.15) is 6.04 Å². The summed E-state index contributed by atoms with van der Waals surface area (Å²) in [5.74, 6) is -0.424. The van der Waals surface area contributed by atoms with E-state index in [1.807, 2.05) is 18.2 Å². The Bertz CT molecular complexity index is 859. The minimum Gasteiger partial charge on any atom is -0.465 e. The number of amides is 4. The Balaban J connectivity index is 1.50. The first-order valence-corrected chi connectivity index (χ1v) is 9.59. The Morgan fingerprint density at radius 1 is 1.11 bits per heavy atom. The van der Waals surface area contributed by atoms with Crippen molar-refractivity contribution in [1.82, 2.24) is 14.7 Å². The van der Waals surface area contributed by atoms with Gasteiger partial charge in [-0.1, -0.05) is 12.1 Å². The van der Waals surface area contributed by atoms with Gasteiger partial charge in [-0.15, -0.1) is 0 Å². The Hall–Kier alpha value is -2.90. The van der Waals surface area contributed by atoms with Crippen LogP contribution in [0, 0.1) is 0 Å². The van der Waals surface area contributed by atoms with E-state index < -0.39 is 12.1 Å². The van der Waals surface area contributed by atoms with Gasteiger partial charge in [-0.05, 0) is 42.4 Å². The van der Waals surface area contributed by atoms with Crippen LogP contribution in [0.15, 0.2) is 18.2 Å². The predicted octanol–water partition coefficient (Wildman–Crippen LogP) is 1.65. The van der Waals surface area contributed by atoms with E-state index in [0.29, 0.717) is 31.6 Å². The number of imide groups is 1. The Morgan fingerprint density at radius 2 is 1.82 bits per heavy atom. The Morgan fingerprint density at radius 3 is 2.50 bits per heavy atom. The number of likely N-dealkylation sites (tertiary alicyclic amines) is 2. The van der Waals surface area contributed by atoms with E-state index in [9.17, 15) is 19.2 Å². The summed E-state index contributed by atoms with van der Waals surface area (Å²) in [6, 6.07) is 5.19. The lowest BCUT2D eigenvalue weighted by molar-refractivity contribution is -0.150. The summed E-state index contributed by atoms with van der Waals surface area (Å²) in [5.41, 5.74) is 2.62. The maximum Gasteiger partial charge on any atom is 0.407 e. The van der Waals surface area contributed by atoms with Gasteiger partial charge < -0.3 is 14.9 Å². The first kappa shape index (κ1) is 18.5. The van der Waals surface area contributed by atoms with Crippen molar-refractivity contribution in [3.8, 4) is 0 Å². The number of carboxylic acid groups (broad SMARTS) is 1. The van der Waals surface area contributed by atoms with Crippen LogP contribution in [0.1, 0.15) is 53.1 Å². The fraction of sp³-hybridized carbons (Fsp3) is 0.500. The van der Waals surface area contributed by atoms with E-state index in [1.165, 1.54) is 11.9 Å². The number of hydrogen-bond acceptors (Lipinski definition) is 4. The molecule has 0 aromatic heterocycles. The average molecular weight is 385 g/mol. The minimum absolute atomic E-state index is 0.164. The van der Waals surface area contributed by atoms with Crippen molar-refractivity contribution >= 4 is 23.8 Å². The fourth-order valence-electron chi connectivity index (χ4n) is 4.46. The first-order valence-electron chi connectivity index (χ1n) is 9.59. The normalized spacial score (nSPS) is 23.4. The third-order valence-electron chi connectivity index (χ3n) is 6.20. The number of likely N-dealkylation sites (N-methyl/N-ethyl adjacent to an activating group) is 1. The quantitative estimate of drug-likeness (QED) is 0.781. The zero-order chi connectivity index (χ0) is 20.0. The van der Waals surface area contributed by atoms with Crippen LogP contribution in [0.25, 0.3) is 0 Å². The van der Waals surface area contributed by atoms with Crippen molar-refractivity contribution in [2.24, 2.45) is 0 Å². The van der Waals surface area contributed by atoms with Crippen molar-refractivity contribution in [2.45, 2.75) is 44.2 Å². The van der Waals surface area contributed by atoms with Crippen LogP contribution in [0.2, 0.25) is 0 Å². The van der Waals surface area contributed by atoms with Crippen molar-refractivity contribution in [1.29, 1.82) is 0 Å². The van der Waals surface area contributed by atoms with Crippen LogP contribution in [-0.4, -0.2) is 69.8 Å². The van der Waals surface area contributed by atoms with Crippen molar-refractivity contribution < 1.29 is 24.3 Å². The first-order chi connectivity index (χ1) is 13.4. The van der Waals surface area contributed by atoms with Gasteiger partial charge in [0.15, 0.2) is 0 Å². The van der Waals surface area contributed by atoms with Crippen molar-refractivity contribution in [3.63, 3.8) is 0 Å². The van der Waals surface area contributed by atoms with Crippen LogP contribution in [-0.2, 0) is 16.1 Å². The molecule has 2 fully saturated rings. The lowest BCUT2D eigenvalue weighted by Gasteiger charge is -2.33. The molecule has 8 nitrogen and oxygen atoms in total. The second-order valence-electron chi connectivity index (χ2n) is 7.74. The molecule has 0 aliphatic carbocycles. The number of carbonyl (C=O) groups is 4. The summed E-state index contributed by atoms with van der Waals surface area (Å²) in [5, 5.41) is 9.09. The molecule has 3 aliphatic heterocycles. The second-order valence-corrected chi connectivity index (χ2v) is 7.74. The lowest BCUT2D eigenvalue weighted by atomic mass is 9.88. The number of carbonyl (C=O) groups excluding carboxylic acids is 3. The number of nitrogens with zero attached hydrogens (tertiary/aromatic N) is 3. The molecule has 0 radical (unpaired) electrons. The maximum absolute atomic E-state index is 12.8. The highest BCUT2D eigenvalue weighted by Gasteiger charge is 2.41. The second kappa shape index (κ2) is 6.92. The van der Waals surface area contributed by atoms with Crippen LogP contribution in [0.3, 0.4) is 0 Å². The van der Waals surface area contributed by atoms with Crippen LogP contribution in [0.5, 0.6) is 0 Å². The highest BCUT2D eigenvalue weighted by Crippen LogP contribution is 2.34. The molecule has 0 saturated carbocycles. The van der Waals surface area contributed by atoms with Crippen LogP contribution in [0.4, 0.5) is 4.79 Å².